The summed E-state index contributed by atoms with van der Waals surface area (Å²) >= 11 is 0. The first-order valence-electron chi connectivity index (χ1n) is 12.7. The Morgan fingerprint density at radius 1 is 0.950 bits per heavy atom. The van der Waals surface area contributed by atoms with E-state index >= 15 is 0 Å². The number of hydrogen-bond donors (Lipinski definition) is 0. The number of benzene rings is 2. The van der Waals surface area contributed by atoms with Gasteiger partial charge >= 0.3 is 0 Å². The molecular weight excluding hydrogens is 540 g/mol. The number of aromatic nitrogens is 5. The van der Waals surface area contributed by atoms with E-state index in [1.165, 1.54) is 24.8 Å². The summed E-state index contributed by atoms with van der Waals surface area (Å²) in [5, 5.41) is 24.2. The second-order valence-corrected chi connectivity index (χ2v) is 12.0. The molecule has 208 valence electrons. The number of carbonyl (C=O) groups is 2. The Kier molecular flexibility index (Phi) is 6.35. The number of nitrogens with zero attached hydrogens (tertiary/aromatic N) is 8. The Morgan fingerprint density at radius 3 is 2.33 bits per heavy atom. The molecule has 2 aliphatic rings. The fourth-order valence-electron chi connectivity index (χ4n) is 5.25. The minimum Gasteiger partial charge on any atom is -0.571 e. The zero-order chi connectivity index (χ0) is 28.2. The van der Waals surface area contributed by atoms with Crippen LogP contribution in [0.2, 0.25) is 0 Å². The lowest BCUT2D eigenvalue weighted by Crippen LogP contribution is -2.47. The molecule has 6 rings (SSSR count). The molecule has 2 aromatic heterocycles. The van der Waals surface area contributed by atoms with Crippen molar-refractivity contribution in [2.45, 2.75) is 17.9 Å². The maximum atomic E-state index is 13.1. The highest BCUT2D eigenvalue weighted by atomic mass is 32.2. The average molecular weight is 567 g/mol. The van der Waals surface area contributed by atoms with Crippen molar-refractivity contribution in [1.29, 1.82) is 0 Å². The lowest BCUT2D eigenvalue weighted by Gasteiger charge is -2.36. The maximum Gasteiger partial charge on any atom is 0.244 e. The van der Waals surface area contributed by atoms with E-state index in [2.05, 4.69) is 25.2 Å². The second kappa shape index (κ2) is 9.76. The van der Waals surface area contributed by atoms with Crippen LogP contribution >= 0.6 is 0 Å². The summed E-state index contributed by atoms with van der Waals surface area (Å²) in [5.74, 6) is -0.799. The number of hydrogen-bond acceptors (Lipinski definition) is 11. The van der Waals surface area contributed by atoms with Gasteiger partial charge in [0.15, 0.2) is 16.7 Å². The lowest BCUT2D eigenvalue weighted by atomic mass is 9.90. The normalized spacial score (nSPS) is 16.1. The summed E-state index contributed by atoms with van der Waals surface area (Å²) in [6.45, 7) is 3.66. The number of fused-ring (bicyclic) bond motifs is 3. The predicted molar refractivity (Wildman–Crippen MR) is 140 cm³/mol. The molecule has 0 spiro atoms. The predicted octanol–water partition coefficient (Wildman–Crippen LogP) is 0.291. The highest BCUT2D eigenvalue weighted by Gasteiger charge is 2.39. The molecule has 0 unspecified atom stereocenters. The molecule has 0 saturated carbocycles. The molecule has 1 aliphatic heterocycles. The summed E-state index contributed by atoms with van der Waals surface area (Å²) in [5.41, 5.74) is 1.80. The van der Waals surface area contributed by atoms with Crippen LogP contribution in [-0.2, 0) is 16.6 Å². The molecule has 15 heteroatoms. The van der Waals surface area contributed by atoms with E-state index in [4.69, 9.17) is 4.63 Å². The van der Waals surface area contributed by atoms with Crippen LogP contribution < -0.4 is 9.86 Å². The third-order valence-electron chi connectivity index (χ3n) is 7.39. The second-order valence-electron chi connectivity index (χ2n) is 9.89. The smallest absolute Gasteiger partial charge is 0.244 e. The number of sulfonamides is 1. The van der Waals surface area contributed by atoms with Gasteiger partial charge in [-0.3, -0.25) is 14.5 Å². The van der Waals surface area contributed by atoms with E-state index in [1.54, 1.807) is 30.3 Å². The Balaban J connectivity index is 1.11. The topological polar surface area (TPSA) is 162 Å². The van der Waals surface area contributed by atoms with Gasteiger partial charge in [-0.05, 0) is 28.9 Å². The van der Waals surface area contributed by atoms with Crippen LogP contribution in [-0.4, -0.2) is 96.1 Å². The van der Waals surface area contributed by atoms with Crippen LogP contribution in [0, 0.1) is 5.21 Å². The van der Waals surface area contributed by atoms with Gasteiger partial charge in [-0.15, -0.1) is 4.68 Å². The van der Waals surface area contributed by atoms with Gasteiger partial charge < -0.3 is 10.1 Å². The van der Waals surface area contributed by atoms with E-state index in [-0.39, 0.29) is 45.3 Å². The largest absolute Gasteiger partial charge is 0.571 e. The van der Waals surface area contributed by atoms with Gasteiger partial charge in [0.05, 0.1) is 12.2 Å². The zero-order valence-corrected chi connectivity index (χ0v) is 22.7. The molecule has 1 fully saturated rings. The van der Waals surface area contributed by atoms with Crippen molar-refractivity contribution in [2.24, 2.45) is 0 Å². The van der Waals surface area contributed by atoms with Crippen molar-refractivity contribution < 1.29 is 27.6 Å². The van der Waals surface area contributed by atoms with Crippen LogP contribution in [0.3, 0.4) is 0 Å². The van der Waals surface area contributed by atoms with Crippen molar-refractivity contribution in [3.05, 3.63) is 64.1 Å². The van der Waals surface area contributed by atoms with E-state index in [0.29, 0.717) is 49.6 Å². The van der Waals surface area contributed by atoms with Gasteiger partial charge in [-0.1, -0.05) is 24.3 Å². The van der Waals surface area contributed by atoms with Gasteiger partial charge in [0.1, 0.15) is 4.90 Å². The molecule has 0 amide bonds. The van der Waals surface area contributed by atoms with Crippen molar-refractivity contribution in [2.75, 3.05) is 51.7 Å². The highest BCUT2D eigenvalue weighted by molar-refractivity contribution is 7.89. The molecule has 3 heterocycles. The van der Waals surface area contributed by atoms with Gasteiger partial charge in [0, 0.05) is 68.0 Å². The molecule has 0 atom stereocenters. The fraction of sp³-hybridized carbons (Fsp3) is 0.360. The molecular formula is C25H26N8O6S. The molecule has 0 N–H and O–H groups in total. The van der Waals surface area contributed by atoms with E-state index < -0.39 is 15.8 Å². The van der Waals surface area contributed by atoms with Gasteiger partial charge in [0.25, 0.3) is 0 Å². The van der Waals surface area contributed by atoms with E-state index in [0.717, 1.165) is 9.99 Å². The molecule has 1 aliphatic carbocycles. The molecule has 0 radical (unpaired) electrons. The first kappa shape index (κ1) is 26.0. The number of anilines is 1. The van der Waals surface area contributed by atoms with Crippen LogP contribution in [0.4, 0.5) is 5.69 Å². The first-order chi connectivity index (χ1) is 19.2. The van der Waals surface area contributed by atoms with E-state index in [1.807, 2.05) is 0 Å². The molecule has 14 nitrogen and oxygen atoms in total. The molecule has 0 bridgehead atoms. The van der Waals surface area contributed by atoms with Crippen LogP contribution in [0.15, 0.2) is 45.9 Å². The van der Waals surface area contributed by atoms with Crippen LogP contribution in [0.5, 0.6) is 0 Å². The van der Waals surface area contributed by atoms with Crippen molar-refractivity contribution in [3.8, 4) is 0 Å². The lowest BCUT2D eigenvalue weighted by molar-refractivity contribution is -0.749. The minimum absolute atomic E-state index is 0.0356. The SMILES string of the molecule is CN(C)S(=O)(=O)c1ccc(N2CCN(CCCn3c4c(n[n+]3[O-])C(=O)c3ccccc3C4=O)CC2)c2nonc12. The van der Waals surface area contributed by atoms with Crippen LogP contribution in [0.25, 0.3) is 11.0 Å². The maximum absolute atomic E-state index is 13.1. The van der Waals surface area contributed by atoms with Crippen molar-refractivity contribution >= 4 is 38.3 Å². The van der Waals surface area contributed by atoms with Crippen LogP contribution in [0.1, 0.15) is 38.5 Å². The Hall–Kier alpha value is -4.21. The summed E-state index contributed by atoms with van der Waals surface area (Å²) < 4.78 is 32.6. The van der Waals surface area contributed by atoms with Gasteiger partial charge in [-0.25, -0.2) is 17.4 Å². The van der Waals surface area contributed by atoms with E-state index in [9.17, 15) is 23.2 Å². The van der Waals surface area contributed by atoms with Crippen molar-refractivity contribution in [1.82, 2.24) is 29.3 Å². The fourth-order valence-corrected chi connectivity index (χ4v) is 6.26. The standard InChI is InChI=1S/C25H26N8O6S/c1-29(2)40(37,38)19-9-8-18(20-21(19)28-39-27-20)31-14-12-30(13-15-31)10-5-11-32-23-22(26-33(32)36)24(34)16-6-3-4-7-17(16)25(23)35/h3-4,6-9H,5,10-15H2,1-2H3. The average Bonchev–Trinajstić information content (AvgIpc) is 3.57. The summed E-state index contributed by atoms with van der Waals surface area (Å²) in [4.78, 5) is 30.6. The minimum atomic E-state index is -3.71. The monoisotopic (exact) mass is 566 g/mol. The van der Waals surface area contributed by atoms with Crippen molar-refractivity contribution in [3.63, 3.8) is 0 Å². The third-order valence-corrected chi connectivity index (χ3v) is 9.24. The third kappa shape index (κ3) is 4.13. The number of piperazine rings is 1. The summed E-state index contributed by atoms with van der Waals surface area (Å²) in [6.07, 6.45) is 0.572. The Morgan fingerprint density at radius 2 is 1.62 bits per heavy atom. The number of carbonyl (C=O) groups excluding carboxylic acids is 2. The Labute approximate surface area is 228 Å². The summed E-state index contributed by atoms with van der Waals surface area (Å²) in [7, 11) is -0.806. The first-order valence-corrected chi connectivity index (χ1v) is 14.2. The molecule has 4 aromatic rings. The molecule has 40 heavy (non-hydrogen) atoms. The number of ketones is 2. The number of rotatable bonds is 7. The molecule has 2 aromatic carbocycles. The quantitative estimate of drug-likeness (QED) is 0.197. The zero-order valence-electron chi connectivity index (χ0n) is 21.8. The Bertz CT molecular complexity index is 1750. The van der Waals surface area contributed by atoms with Gasteiger partial charge in [0.2, 0.25) is 27.3 Å². The highest BCUT2D eigenvalue weighted by Crippen LogP contribution is 2.31. The summed E-state index contributed by atoms with van der Waals surface area (Å²) in [6, 6.07) is 9.76. The molecule has 1 saturated heterocycles. The van der Waals surface area contributed by atoms with Gasteiger partial charge in [-0.2, -0.15) is 0 Å².